The Kier molecular flexibility index (Phi) is 4.24. The molecule has 1 aromatic heterocycles. The quantitative estimate of drug-likeness (QED) is 0.944. The molecule has 0 unspecified atom stereocenters. The fourth-order valence-corrected chi connectivity index (χ4v) is 2.54. The van der Waals surface area contributed by atoms with Crippen LogP contribution in [0.1, 0.15) is 17.0 Å². The predicted octanol–water partition coefficient (Wildman–Crippen LogP) is 2.98. The molecule has 0 radical (unpaired) electrons. The molecule has 0 amide bonds. The summed E-state index contributed by atoms with van der Waals surface area (Å²) in [7, 11) is 0. The van der Waals surface area contributed by atoms with Crippen LogP contribution < -0.4 is 10.2 Å². The van der Waals surface area contributed by atoms with E-state index in [-0.39, 0.29) is 0 Å². The standard InChI is InChI=1S/C17H22N4O/c1-12-4-5-15(10-13(12)2)20-16-11-17(19-14(3)18-16)21-6-8-22-9-7-21/h4-5,10-11H,6-9H2,1-3H3,(H,18,19,20). The number of aromatic nitrogens is 2. The Labute approximate surface area is 131 Å². The van der Waals surface area contributed by atoms with E-state index in [1.807, 2.05) is 13.0 Å². The average Bonchev–Trinajstić information content (AvgIpc) is 2.51. The minimum absolute atomic E-state index is 0.753. The van der Waals surface area contributed by atoms with Gasteiger partial charge in [-0.3, -0.25) is 0 Å². The predicted molar refractivity (Wildman–Crippen MR) is 89.0 cm³/mol. The van der Waals surface area contributed by atoms with Crippen LogP contribution in [0.5, 0.6) is 0 Å². The first-order valence-corrected chi connectivity index (χ1v) is 7.64. The first-order chi connectivity index (χ1) is 10.6. The molecule has 5 nitrogen and oxygen atoms in total. The lowest BCUT2D eigenvalue weighted by atomic mass is 10.1. The van der Waals surface area contributed by atoms with Crippen LogP contribution in [0, 0.1) is 20.8 Å². The molecule has 1 aliphatic rings. The largest absolute Gasteiger partial charge is 0.378 e. The van der Waals surface area contributed by atoms with Gasteiger partial charge in [-0.05, 0) is 44.0 Å². The lowest BCUT2D eigenvalue weighted by molar-refractivity contribution is 0.122. The molecule has 1 N–H and O–H groups in total. The van der Waals surface area contributed by atoms with Crippen LogP contribution in [0.3, 0.4) is 0 Å². The van der Waals surface area contributed by atoms with E-state index in [0.717, 1.165) is 49.5 Å². The van der Waals surface area contributed by atoms with Crippen molar-refractivity contribution < 1.29 is 4.74 Å². The van der Waals surface area contributed by atoms with Crippen LogP contribution in [0.4, 0.5) is 17.3 Å². The zero-order valence-corrected chi connectivity index (χ0v) is 13.4. The maximum Gasteiger partial charge on any atom is 0.136 e. The molecule has 1 fully saturated rings. The van der Waals surface area contributed by atoms with Crippen LogP contribution >= 0.6 is 0 Å². The molecule has 3 rings (SSSR count). The number of benzene rings is 1. The lowest BCUT2D eigenvalue weighted by Crippen LogP contribution is -2.36. The van der Waals surface area contributed by atoms with Gasteiger partial charge in [0.25, 0.3) is 0 Å². The summed E-state index contributed by atoms with van der Waals surface area (Å²) in [6.07, 6.45) is 0. The second-order valence-electron chi connectivity index (χ2n) is 5.68. The van der Waals surface area contributed by atoms with E-state index in [2.05, 4.69) is 52.2 Å². The van der Waals surface area contributed by atoms with Crippen molar-refractivity contribution in [1.29, 1.82) is 0 Å². The maximum atomic E-state index is 5.40. The van der Waals surface area contributed by atoms with Crippen molar-refractivity contribution in [2.45, 2.75) is 20.8 Å². The summed E-state index contributed by atoms with van der Waals surface area (Å²) >= 11 is 0. The van der Waals surface area contributed by atoms with Gasteiger partial charge in [0.15, 0.2) is 0 Å². The third-order valence-corrected chi connectivity index (χ3v) is 3.94. The smallest absolute Gasteiger partial charge is 0.136 e. The van der Waals surface area contributed by atoms with Crippen molar-refractivity contribution >= 4 is 17.3 Å². The minimum Gasteiger partial charge on any atom is -0.378 e. The van der Waals surface area contributed by atoms with Gasteiger partial charge in [0, 0.05) is 24.8 Å². The van der Waals surface area contributed by atoms with E-state index in [4.69, 9.17) is 4.74 Å². The number of hydrogen-bond donors (Lipinski definition) is 1. The maximum absolute atomic E-state index is 5.40. The van der Waals surface area contributed by atoms with Crippen molar-refractivity contribution in [2.24, 2.45) is 0 Å². The molecule has 22 heavy (non-hydrogen) atoms. The van der Waals surface area contributed by atoms with Gasteiger partial charge in [0.1, 0.15) is 17.5 Å². The summed E-state index contributed by atoms with van der Waals surface area (Å²) in [5.41, 5.74) is 3.61. The summed E-state index contributed by atoms with van der Waals surface area (Å²) in [5, 5.41) is 3.38. The second kappa shape index (κ2) is 6.32. The van der Waals surface area contributed by atoms with Crippen LogP contribution in [0.25, 0.3) is 0 Å². The van der Waals surface area contributed by atoms with Crippen LogP contribution in [-0.4, -0.2) is 36.3 Å². The number of hydrogen-bond acceptors (Lipinski definition) is 5. The van der Waals surface area contributed by atoms with E-state index in [1.165, 1.54) is 11.1 Å². The molecule has 1 saturated heterocycles. The Bertz CT molecular complexity index is 666. The second-order valence-corrected chi connectivity index (χ2v) is 5.68. The molecule has 2 heterocycles. The summed E-state index contributed by atoms with van der Waals surface area (Å²) < 4.78 is 5.40. The number of ether oxygens (including phenoxy) is 1. The fourth-order valence-electron chi connectivity index (χ4n) is 2.54. The van der Waals surface area contributed by atoms with Crippen LogP contribution in [0.15, 0.2) is 24.3 Å². The SMILES string of the molecule is Cc1nc(Nc2ccc(C)c(C)c2)cc(N2CCOCC2)n1. The minimum atomic E-state index is 0.753. The van der Waals surface area contributed by atoms with E-state index in [9.17, 15) is 0 Å². The first-order valence-electron chi connectivity index (χ1n) is 7.64. The van der Waals surface area contributed by atoms with Gasteiger partial charge in [0.05, 0.1) is 13.2 Å². The number of nitrogens with zero attached hydrogens (tertiary/aromatic N) is 3. The molecule has 116 valence electrons. The Balaban J connectivity index is 1.83. The molecule has 2 aromatic rings. The van der Waals surface area contributed by atoms with Gasteiger partial charge in [-0.15, -0.1) is 0 Å². The molecular weight excluding hydrogens is 276 g/mol. The van der Waals surface area contributed by atoms with Gasteiger partial charge in [0.2, 0.25) is 0 Å². The van der Waals surface area contributed by atoms with Gasteiger partial charge in [-0.1, -0.05) is 6.07 Å². The van der Waals surface area contributed by atoms with Crippen molar-refractivity contribution in [2.75, 3.05) is 36.5 Å². The molecule has 0 atom stereocenters. The Morgan fingerprint density at radius 3 is 2.50 bits per heavy atom. The number of nitrogens with one attached hydrogen (secondary N) is 1. The summed E-state index contributed by atoms with van der Waals surface area (Å²) in [5.74, 6) is 2.56. The number of rotatable bonds is 3. The molecule has 0 spiro atoms. The monoisotopic (exact) mass is 298 g/mol. The zero-order valence-electron chi connectivity index (χ0n) is 13.4. The highest BCUT2D eigenvalue weighted by molar-refractivity contribution is 5.61. The third-order valence-electron chi connectivity index (χ3n) is 3.94. The first kappa shape index (κ1) is 14.8. The molecule has 0 aliphatic carbocycles. The summed E-state index contributed by atoms with van der Waals surface area (Å²) in [6.45, 7) is 9.41. The summed E-state index contributed by atoms with van der Waals surface area (Å²) in [4.78, 5) is 11.3. The topological polar surface area (TPSA) is 50.3 Å². The van der Waals surface area contributed by atoms with Crippen molar-refractivity contribution in [1.82, 2.24) is 9.97 Å². The molecular formula is C17H22N4O. The molecule has 1 aliphatic heterocycles. The summed E-state index contributed by atoms with van der Waals surface area (Å²) in [6, 6.07) is 8.34. The fraction of sp³-hybridized carbons (Fsp3) is 0.412. The lowest BCUT2D eigenvalue weighted by Gasteiger charge is -2.28. The van der Waals surface area contributed by atoms with Crippen LogP contribution in [-0.2, 0) is 4.74 Å². The molecule has 0 saturated carbocycles. The zero-order chi connectivity index (χ0) is 15.5. The van der Waals surface area contributed by atoms with Gasteiger partial charge < -0.3 is 15.0 Å². The Morgan fingerprint density at radius 2 is 1.77 bits per heavy atom. The van der Waals surface area contributed by atoms with E-state index >= 15 is 0 Å². The highest BCUT2D eigenvalue weighted by Crippen LogP contribution is 2.22. The van der Waals surface area contributed by atoms with E-state index < -0.39 is 0 Å². The highest BCUT2D eigenvalue weighted by atomic mass is 16.5. The highest BCUT2D eigenvalue weighted by Gasteiger charge is 2.14. The third kappa shape index (κ3) is 3.36. The van der Waals surface area contributed by atoms with Crippen molar-refractivity contribution in [3.8, 4) is 0 Å². The Hall–Kier alpha value is -2.14. The molecule has 0 bridgehead atoms. The van der Waals surface area contributed by atoms with Gasteiger partial charge in [-0.2, -0.15) is 0 Å². The number of aryl methyl sites for hydroxylation is 3. The van der Waals surface area contributed by atoms with E-state index in [0.29, 0.717) is 0 Å². The molecule has 5 heteroatoms. The number of anilines is 3. The van der Waals surface area contributed by atoms with Crippen LogP contribution in [0.2, 0.25) is 0 Å². The van der Waals surface area contributed by atoms with E-state index in [1.54, 1.807) is 0 Å². The van der Waals surface area contributed by atoms with Crippen molar-refractivity contribution in [3.05, 3.63) is 41.2 Å². The van der Waals surface area contributed by atoms with Crippen molar-refractivity contribution in [3.63, 3.8) is 0 Å². The Morgan fingerprint density at radius 1 is 1.00 bits per heavy atom. The molecule has 1 aromatic carbocycles. The van der Waals surface area contributed by atoms with Gasteiger partial charge >= 0.3 is 0 Å². The van der Waals surface area contributed by atoms with Gasteiger partial charge in [-0.25, -0.2) is 9.97 Å². The normalized spacial score (nSPS) is 15.0. The number of morpholine rings is 1. The average molecular weight is 298 g/mol.